The molecule has 0 fully saturated rings. The van der Waals surface area contributed by atoms with Gasteiger partial charge >= 0.3 is 0 Å². The van der Waals surface area contributed by atoms with Crippen molar-refractivity contribution in [2.24, 2.45) is 0 Å². The molecule has 102 valence electrons. The first-order valence-electron chi connectivity index (χ1n) is 6.92. The molecule has 2 aromatic carbocycles. The van der Waals surface area contributed by atoms with Crippen molar-refractivity contribution in [1.82, 2.24) is 9.55 Å². The number of benzene rings is 2. The van der Waals surface area contributed by atoms with E-state index in [0.717, 1.165) is 29.1 Å². The molecule has 0 amide bonds. The highest BCUT2D eigenvalue weighted by molar-refractivity contribution is 5.79. The number of aromatic nitrogens is 2. The molecule has 3 heteroatoms. The van der Waals surface area contributed by atoms with E-state index in [1.807, 2.05) is 19.1 Å². The van der Waals surface area contributed by atoms with Crippen LogP contribution in [0.25, 0.3) is 11.0 Å². The molecule has 2 N–H and O–H groups in total. The minimum Gasteiger partial charge on any atom is -0.399 e. The number of hydrogen-bond donors (Lipinski definition) is 1. The zero-order chi connectivity index (χ0) is 14.1. The Morgan fingerprint density at radius 2 is 1.90 bits per heavy atom. The van der Waals surface area contributed by atoms with Gasteiger partial charge in [-0.2, -0.15) is 0 Å². The van der Waals surface area contributed by atoms with E-state index in [9.17, 15) is 0 Å². The Hall–Kier alpha value is -2.29. The number of hydrogen-bond acceptors (Lipinski definition) is 2. The topological polar surface area (TPSA) is 43.8 Å². The fourth-order valence-electron chi connectivity index (χ4n) is 2.66. The normalized spacial score (nSPS) is 12.7. The van der Waals surface area contributed by atoms with E-state index in [2.05, 4.69) is 52.9 Å². The number of imidazole rings is 1. The maximum absolute atomic E-state index is 5.83. The second-order valence-corrected chi connectivity index (χ2v) is 5.33. The van der Waals surface area contributed by atoms with E-state index >= 15 is 0 Å². The maximum atomic E-state index is 5.83. The highest BCUT2D eigenvalue weighted by Gasteiger charge is 2.12. The minimum atomic E-state index is 0.449. The van der Waals surface area contributed by atoms with Crippen LogP contribution in [0.5, 0.6) is 0 Å². The van der Waals surface area contributed by atoms with E-state index < -0.39 is 0 Å². The van der Waals surface area contributed by atoms with Crippen molar-refractivity contribution in [2.45, 2.75) is 26.3 Å². The third-order valence-corrected chi connectivity index (χ3v) is 3.79. The summed E-state index contributed by atoms with van der Waals surface area (Å²) in [5, 5.41) is 0. The Balaban J connectivity index is 1.97. The molecule has 0 aliphatic carbocycles. The van der Waals surface area contributed by atoms with Gasteiger partial charge < -0.3 is 10.3 Å². The van der Waals surface area contributed by atoms with Crippen LogP contribution in [0.2, 0.25) is 0 Å². The molecule has 1 atom stereocenters. The van der Waals surface area contributed by atoms with Crippen LogP contribution in [0.3, 0.4) is 0 Å². The van der Waals surface area contributed by atoms with Gasteiger partial charge in [-0.15, -0.1) is 0 Å². The van der Waals surface area contributed by atoms with Gasteiger partial charge in [-0.1, -0.05) is 37.3 Å². The van der Waals surface area contributed by atoms with Crippen LogP contribution in [-0.2, 0) is 6.54 Å². The summed E-state index contributed by atoms with van der Waals surface area (Å²) in [4.78, 5) is 4.60. The van der Waals surface area contributed by atoms with Crippen molar-refractivity contribution in [3.05, 3.63) is 59.9 Å². The highest BCUT2D eigenvalue weighted by atomic mass is 15.1. The number of nitrogens with zero attached hydrogens (tertiary/aromatic N) is 2. The lowest BCUT2D eigenvalue weighted by Crippen LogP contribution is -2.07. The number of nitrogen functional groups attached to an aromatic ring is 1. The standard InChI is InChI=1S/C17H19N3/c1-12(14-6-4-3-5-7-14)11-20-13(2)19-16-10-15(18)8-9-17(16)20/h3-10,12H,11,18H2,1-2H3. The Morgan fingerprint density at radius 1 is 1.15 bits per heavy atom. The van der Waals surface area contributed by atoms with Crippen LogP contribution in [0.1, 0.15) is 24.2 Å². The number of anilines is 1. The molecule has 3 aromatic rings. The van der Waals surface area contributed by atoms with Crippen molar-refractivity contribution < 1.29 is 0 Å². The summed E-state index contributed by atoms with van der Waals surface area (Å²) < 4.78 is 2.27. The third-order valence-electron chi connectivity index (χ3n) is 3.79. The number of aryl methyl sites for hydroxylation is 1. The second kappa shape index (κ2) is 5.00. The minimum absolute atomic E-state index is 0.449. The molecule has 20 heavy (non-hydrogen) atoms. The summed E-state index contributed by atoms with van der Waals surface area (Å²) in [5.41, 5.74) is 10.1. The Kier molecular flexibility index (Phi) is 3.18. The van der Waals surface area contributed by atoms with Crippen molar-refractivity contribution in [3.8, 4) is 0 Å². The molecular weight excluding hydrogens is 246 g/mol. The lowest BCUT2D eigenvalue weighted by atomic mass is 10.0. The Morgan fingerprint density at radius 3 is 2.65 bits per heavy atom. The smallest absolute Gasteiger partial charge is 0.106 e. The van der Waals surface area contributed by atoms with Crippen molar-refractivity contribution >= 4 is 16.7 Å². The summed E-state index contributed by atoms with van der Waals surface area (Å²) in [6, 6.07) is 16.5. The van der Waals surface area contributed by atoms with Crippen LogP contribution in [0, 0.1) is 6.92 Å². The fourth-order valence-corrected chi connectivity index (χ4v) is 2.66. The number of nitrogens with two attached hydrogens (primary N) is 1. The van der Waals surface area contributed by atoms with Crippen molar-refractivity contribution in [2.75, 3.05) is 5.73 Å². The van der Waals surface area contributed by atoms with E-state index in [1.54, 1.807) is 0 Å². The first kappa shape index (κ1) is 12.7. The molecule has 0 saturated heterocycles. The van der Waals surface area contributed by atoms with Gasteiger partial charge in [0.05, 0.1) is 11.0 Å². The van der Waals surface area contributed by atoms with Gasteiger partial charge in [-0.3, -0.25) is 0 Å². The zero-order valence-corrected chi connectivity index (χ0v) is 11.9. The van der Waals surface area contributed by atoms with E-state index in [1.165, 1.54) is 5.56 Å². The zero-order valence-electron chi connectivity index (χ0n) is 11.9. The van der Waals surface area contributed by atoms with Crippen LogP contribution in [0.15, 0.2) is 48.5 Å². The average molecular weight is 265 g/mol. The molecule has 0 radical (unpaired) electrons. The quantitative estimate of drug-likeness (QED) is 0.733. The van der Waals surface area contributed by atoms with Gasteiger partial charge in [0.2, 0.25) is 0 Å². The summed E-state index contributed by atoms with van der Waals surface area (Å²) in [7, 11) is 0. The Bertz CT molecular complexity index is 729. The van der Waals surface area contributed by atoms with Crippen molar-refractivity contribution in [3.63, 3.8) is 0 Å². The molecule has 1 aromatic heterocycles. The van der Waals surface area contributed by atoms with E-state index in [4.69, 9.17) is 5.73 Å². The summed E-state index contributed by atoms with van der Waals surface area (Å²) in [6.45, 7) is 5.22. The first-order chi connectivity index (χ1) is 9.65. The largest absolute Gasteiger partial charge is 0.399 e. The summed E-state index contributed by atoms with van der Waals surface area (Å²) in [5.74, 6) is 1.48. The van der Waals surface area contributed by atoms with Gasteiger partial charge in [0.15, 0.2) is 0 Å². The molecule has 0 aliphatic heterocycles. The maximum Gasteiger partial charge on any atom is 0.106 e. The molecule has 1 heterocycles. The highest BCUT2D eigenvalue weighted by Crippen LogP contribution is 2.23. The lowest BCUT2D eigenvalue weighted by molar-refractivity contribution is 0.597. The summed E-state index contributed by atoms with van der Waals surface area (Å²) in [6.07, 6.45) is 0. The number of fused-ring (bicyclic) bond motifs is 1. The molecule has 3 nitrogen and oxygen atoms in total. The van der Waals surface area contributed by atoms with E-state index in [-0.39, 0.29) is 0 Å². The molecule has 1 unspecified atom stereocenters. The van der Waals surface area contributed by atoms with Gasteiger partial charge in [-0.25, -0.2) is 4.98 Å². The van der Waals surface area contributed by atoms with Crippen LogP contribution >= 0.6 is 0 Å². The van der Waals surface area contributed by atoms with Gasteiger partial charge in [0.25, 0.3) is 0 Å². The fraction of sp³-hybridized carbons (Fsp3) is 0.235. The number of rotatable bonds is 3. The lowest BCUT2D eigenvalue weighted by Gasteiger charge is -2.15. The summed E-state index contributed by atoms with van der Waals surface area (Å²) >= 11 is 0. The SMILES string of the molecule is Cc1nc2cc(N)ccc2n1CC(C)c1ccccc1. The predicted octanol–water partition coefficient (Wildman–Crippen LogP) is 3.73. The van der Waals surface area contributed by atoms with Crippen molar-refractivity contribution in [1.29, 1.82) is 0 Å². The average Bonchev–Trinajstić information content (AvgIpc) is 2.75. The third kappa shape index (κ3) is 2.27. The van der Waals surface area contributed by atoms with Gasteiger partial charge in [-0.05, 0) is 36.6 Å². The molecule has 0 spiro atoms. The first-order valence-corrected chi connectivity index (χ1v) is 6.92. The molecular formula is C17H19N3. The molecule has 0 bridgehead atoms. The van der Waals surface area contributed by atoms with Crippen LogP contribution in [0.4, 0.5) is 5.69 Å². The molecule has 0 saturated carbocycles. The second-order valence-electron chi connectivity index (χ2n) is 5.33. The van der Waals surface area contributed by atoms with E-state index in [0.29, 0.717) is 5.92 Å². The molecule has 3 rings (SSSR count). The van der Waals surface area contributed by atoms with Gasteiger partial charge in [0, 0.05) is 12.2 Å². The van der Waals surface area contributed by atoms with Crippen LogP contribution in [-0.4, -0.2) is 9.55 Å². The molecule has 0 aliphatic rings. The van der Waals surface area contributed by atoms with Gasteiger partial charge in [0.1, 0.15) is 5.82 Å². The predicted molar refractivity (Wildman–Crippen MR) is 83.7 cm³/mol. The monoisotopic (exact) mass is 265 g/mol. The van der Waals surface area contributed by atoms with Crippen LogP contribution < -0.4 is 5.73 Å². The Labute approximate surface area is 119 Å².